The maximum Gasteiger partial charge on any atom is 0.0471 e. The van der Waals surface area contributed by atoms with Crippen LogP contribution in [0.15, 0.2) is 0 Å². The predicted molar refractivity (Wildman–Crippen MR) is 49.0 cm³/mol. The van der Waals surface area contributed by atoms with Crippen molar-refractivity contribution in [2.75, 3.05) is 26.2 Å². The first-order valence-electron chi connectivity index (χ1n) is 5.21. The SMILES string of the molecule is OCC1CCN(CCC2CC2)C1. The summed E-state index contributed by atoms with van der Waals surface area (Å²) in [5, 5.41) is 8.95. The van der Waals surface area contributed by atoms with Gasteiger partial charge in [-0.25, -0.2) is 0 Å². The Bertz CT molecular complexity index is 145. The van der Waals surface area contributed by atoms with Crippen LogP contribution >= 0.6 is 0 Å². The Labute approximate surface area is 74.6 Å². The second kappa shape index (κ2) is 3.75. The van der Waals surface area contributed by atoms with E-state index in [0.717, 1.165) is 12.5 Å². The Morgan fingerprint density at radius 3 is 2.58 bits per heavy atom. The molecule has 0 aromatic carbocycles. The first kappa shape index (κ1) is 8.52. The van der Waals surface area contributed by atoms with Gasteiger partial charge in [-0.3, -0.25) is 0 Å². The van der Waals surface area contributed by atoms with Gasteiger partial charge in [0.25, 0.3) is 0 Å². The summed E-state index contributed by atoms with van der Waals surface area (Å²) in [7, 11) is 0. The summed E-state index contributed by atoms with van der Waals surface area (Å²) < 4.78 is 0. The van der Waals surface area contributed by atoms with Gasteiger partial charge in [-0.15, -0.1) is 0 Å². The molecule has 0 aromatic rings. The molecule has 2 nitrogen and oxygen atoms in total. The van der Waals surface area contributed by atoms with Crippen LogP contribution in [0.25, 0.3) is 0 Å². The molecule has 1 aliphatic heterocycles. The predicted octanol–water partition coefficient (Wildman–Crippen LogP) is 1.10. The number of rotatable bonds is 4. The van der Waals surface area contributed by atoms with Gasteiger partial charge in [-0.1, -0.05) is 12.8 Å². The zero-order valence-electron chi connectivity index (χ0n) is 7.71. The second-order valence-electron chi connectivity index (χ2n) is 4.37. The first-order valence-corrected chi connectivity index (χ1v) is 5.21. The summed E-state index contributed by atoms with van der Waals surface area (Å²) >= 11 is 0. The molecule has 1 aliphatic carbocycles. The van der Waals surface area contributed by atoms with Crippen molar-refractivity contribution >= 4 is 0 Å². The highest BCUT2D eigenvalue weighted by Crippen LogP contribution is 2.32. The summed E-state index contributed by atoms with van der Waals surface area (Å²) in [5.74, 6) is 1.63. The molecule has 0 amide bonds. The summed E-state index contributed by atoms with van der Waals surface area (Å²) in [5.41, 5.74) is 0. The maximum atomic E-state index is 8.95. The number of nitrogens with zero attached hydrogens (tertiary/aromatic N) is 1. The van der Waals surface area contributed by atoms with Crippen LogP contribution in [-0.2, 0) is 0 Å². The van der Waals surface area contributed by atoms with E-state index in [1.54, 1.807) is 0 Å². The summed E-state index contributed by atoms with van der Waals surface area (Å²) in [6.07, 6.45) is 5.55. The molecule has 0 bridgehead atoms. The van der Waals surface area contributed by atoms with E-state index in [1.807, 2.05) is 0 Å². The number of hydrogen-bond acceptors (Lipinski definition) is 2. The van der Waals surface area contributed by atoms with Gasteiger partial charge in [0.2, 0.25) is 0 Å². The lowest BCUT2D eigenvalue weighted by atomic mass is 10.1. The van der Waals surface area contributed by atoms with Crippen molar-refractivity contribution in [3.8, 4) is 0 Å². The van der Waals surface area contributed by atoms with E-state index in [-0.39, 0.29) is 0 Å². The van der Waals surface area contributed by atoms with E-state index >= 15 is 0 Å². The largest absolute Gasteiger partial charge is 0.396 e. The average molecular weight is 169 g/mol. The lowest BCUT2D eigenvalue weighted by Crippen LogP contribution is -2.22. The quantitative estimate of drug-likeness (QED) is 0.681. The van der Waals surface area contributed by atoms with Crippen LogP contribution in [0.2, 0.25) is 0 Å². The van der Waals surface area contributed by atoms with Gasteiger partial charge in [-0.05, 0) is 37.8 Å². The normalized spacial score (nSPS) is 31.2. The summed E-state index contributed by atoms with van der Waals surface area (Å²) in [6.45, 7) is 4.03. The minimum atomic E-state index is 0.389. The molecule has 0 spiro atoms. The van der Waals surface area contributed by atoms with Gasteiger partial charge in [0.05, 0.1) is 0 Å². The van der Waals surface area contributed by atoms with Gasteiger partial charge in [0.15, 0.2) is 0 Å². The van der Waals surface area contributed by atoms with Crippen molar-refractivity contribution in [1.82, 2.24) is 4.90 Å². The number of aliphatic hydroxyl groups is 1. The van der Waals surface area contributed by atoms with Crippen LogP contribution in [-0.4, -0.2) is 36.2 Å². The van der Waals surface area contributed by atoms with Gasteiger partial charge in [-0.2, -0.15) is 0 Å². The molecule has 70 valence electrons. The third-order valence-corrected chi connectivity index (χ3v) is 3.18. The van der Waals surface area contributed by atoms with Crippen LogP contribution in [0, 0.1) is 11.8 Å². The molecule has 1 saturated carbocycles. The summed E-state index contributed by atoms with van der Waals surface area (Å²) in [6, 6.07) is 0. The van der Waals surface area contributed by atoms with Gasteiger partial charge < -0.3 is 10.0 Å². The van der Waals surface area contributed by atoms with Crippen molar-refractivity contribution in [2.24, 2.45) is 11.8 Å². The molecule has 2 heteroatoms. The zero-order chi connectivity index (χ0) is 8.39. The molecule has 1 N–H and O–H groups in total. The molecule has 1 unspecified atom stereocenters. The van der Waals surface area contributed by atoms with Gasteiger partial charge in [0, 0.05) is 13.2 Å². The third-order valence-electron chi connectivity index (χ3n) is 3.18. The number of hydrogen-bond donors (Lipinski definition) is 1. The lowest BCUT2D eigenvalue weighted by molar-refractivity contribution is 0.220. The fourth-order valence-electron chi connectivity index (χ4n) is 2.04. The maximum absolute atomic E-state index is 8.95. The molecule has 2 fully saturated rings. The zero-order valence-corrected chi connectivity index (χ0v) is 7.71. The average Bonchev–Trinajstić information content (AvgIpc) is 2.81. The molecule has 0 aromatic heterocycles. The van der Waals surface area contributed by atoms with E-state index in [9.17, 15) is 0 Å². The third kappa shape index (κ3) is 2.20. The number of aliphatic hydroxyl groups excluding tert-OH is 1. The highest BCUT2D eigenvalue weighted by Gasteiger charge is 2.25. The Kier molecular flexibility index (Phi) is 2.66. The minimum absolute atomic E-state index is 0.389. The molecule has 2 aliphatic rings. The standard InChI is InChI=1S/C10H19NO/c12-8-10-4-6-11(7-10)5-3-9-1-2-9/h9-10,12H,1-8H2. The Hall–Kier alpha value is -0.0800. The van der Waals surface area contributed by atoms with Crippen molar-refractivity contribution in [3.05, 3.63) is 0 Å². The summed E-state index contributed by atoms with van der Waals surface area (Å²) in [4.78, 5) is 2.51. The van der Waals surface area contributed by atoms with Crippen molar-refractivity contribution in [2.45, 2.75) is 25.7 Å². The molecule has 0 radical (unpaired) electrons. The molecule has 2 rings (SSSR count). The Morgan fingerprint density at radius 2 is 2.00 bits per heavy atom. The van der Waals surface area contributed by atoms with E-state index < -0.39 is 0 Å². The fourth-order valence-corrected chi connectivity index (χ4v) is 2.04. The van der Waals surface area contributed by atoms with E-state index in [1.165, 1.54) is 38.8 Å². The molecule has 1 atom stereocenters. The van der Waals surface area contributed by atoms with Gasteiger partial charge >= 0.3 is 0 Å². The van der Waals surface area contributed by atoms with E-state index in [2.05, 4.69) is 4.90 Å². The molecule has 12 heavy (non-hydrogen) atoms. The van der Waals surface area contributed by atoms with Crippen molar-refractivity contribution < 1.29 is 5.11 Å². The van der Waals surface area contributed by atoms with Crippen molar-refractivity contribution in [1.29, 1.82) is 0 Å². The lowest BCUT2D eigenvalue weighted by Gasteiger charge is -2.14. The van der Waals surface area contributed by atoms with E-state index in [4.69, 9.17) is 5.11 Å². The van der Waals surface area contributed by atoms with Crippen molar-refractivity contribution in [3.63, 3.8) is 0 Å². The molecular formula is C10H19NO. The second-order valence-corrected chi connectivity index (χ2v) is 4.37. The highest BCUT2D eigenvalue weighted by atomic mass is 16.3. The van der Waals surface area contributed by atoms with Crippen LogP contribution in [0.3, 0.4) is 0 Å². The molecule has 1 saturated heterocycles. The minimum Gasteiger partial charge on any atom is -0.396 e. The fraction of sp³-hybridized carbons (Fsp3) is 1.00. The molecule has 1 heterocycles. The molecular weight excluding hydrogens is 150 g/mol. The van der Waals surface area contributed by atoms with Gasteiger partial charge in [0.1, 0.15) is 0 Å². The van der Waals surface area contributed by atoms with Crippen LogP contribution in [0.4, 0.5) is 0 Å². The topological polar surface area (TPSA) is 23.5 Å². The van der Waals surface area contributed by atoms with E-state index in [0.29, 0.717) is 12.5 Å². The van der Waals surface area contributed by atoms with Crippen LogP contribution in [0.1, 0.15) is 25.7 Å². The highest BCUT2D eigenvalue weighted by molar-refractivity contribution is 4.79. The van der Waals surface area contributed by atoms with Crippen LogP contribution < -0.4 is 0 Å². The monoisotopic (exact) mass is 169 g/mol. The number of likely N-dealkylation sites (tertiary alicyclic amines) is 1. The van der Waals surface area contributed by atoms with Crippen LogP contribution in [0.5, 0.6) is 0 Å². The first-order chi connectivity index (χ1) is 5.88. The Balaban J connectivity index is 1.61. The Morgan fingerprint density at radius 1 is 1.17 bits per heavy atom. The smallest absolute Gasteiger partial charge is 0.0471 e.